The van der Waals surface area contributed by atoms with Crippen molar-refractivity contribution in [2.45, 2.75) is 24.1 Å². The van der Waals surface area contributed by atoms with Crippen molar-refractivity contribution in [2.24, 2.45) is 0 Å². The molecule has 3 rings (SSSR count). The van der Waals surface area contributed by atoms with Gasteiger partial charge in [-0.2, -0.15) is 0 Å². The smallest absolute Gasteiger partial charge is 0.263 e. The molecule has 0 saturated heterocycles. The predicted octanol–water partition coefficient (Wildman–Crippen LogP) is 2.84. The molecule has 2 aromatic carbocycles. The third kappa shape index (κ3) is 6.16. The van der Waals surface area contributed by atoms with Crippen molar-refractivity contribution in [2.75, 3.05) is 11.8 Å². The van der Waals surface area contributed by atoms with Crippen LogP contribution in [0.1, 0.15) is 26.4 Å². The molecule has 0 unspecified atom stereocenters. The first-order valence-corrected chi connectivity index (χ1v) is 13.6. The van der Waals surface area contributed by atoms with E-state index in [0.29, 0.717) is 11.3 Å². The Balaban J connectivity index is 1.67. The van der Waals surface area contributed by atoms with Crippen LogP contribution in [0.25, 0.3) is 0 Å². The highest BCUT2D eigenvalue weighted by molar-refractivity contribution is 7.93. The molecule has 0 aliphatic heterocycles. The zero-order valence-electron chi connectivity index (χ0n) is 17.5. The zero-order valence-corrected chi connectivity index (χ0v) is 19.9. The van der Waals surface area contributed by atoms with Gasteiger partial charge in [0.05, 0.1) is 5.75 Å². The second kappa shape index (κ2) is 9.82. The SMILES string of the molecule is CNS(=O)(=O)Cc1ccc(CNC(=O)c2sccc2S(=O)(=O)Nc2ccc(C)cc2)cc1. The normalized spacial score (nSPS) is 11.8. The maximum Gasteiger partial charge on any atom is 0.263 e. The summed E-state index contributed by atoms with van der Waals surface area (Å²) in [7, 11) is -5.94. The lowest BCUT2D eigenvalue weighted by Gasteiger charge is -2.10. The van der Waals surface area contributed by atoms with Crippen LogP contribution in [0.2, 0.25) is 0 Å². The number of carbonyl (C=O) groups excluding carboxylic acids is 1. The Morgan fingerprint density at radius 3 is 2.16 bits per heavy atom. The van der Waals surface area contributed by atoms with Crippen LogP contribution in [0.5, 0.6) is 0 Å². The summed E-state index contributed by atoms with van der Waals surface area (Å²) in [6, 6.07) is 15.1. The van der Waals surface area contributed by atoms with Crippen molar-refractivity contribution in [1.82, 2.24) is 10.0 Å². The zero-order chi connectivity index (χ0) is 23.4. The molecule has 0 radical (unpaired) electrons. The average molecular weight is 494 g/mol. The van der Waals surface area contributed by atoms with E-state index < -0.39 is 26.0 Å². The number of aryl methyl sites for hydroxylation is 1. The lowest BCUT2D eigenvalue weighted by atomic mass is 10.1. The fourth-order valence-electron chi connectivity index (χ4n) is 2.81. The molecule has 0 spiro atoms. The molecule has 0 saturated carbocycles. The third-order valence-corrected chi connectivity index (χ3v) is 8.37. The summed E-state index contributed by atoms with van der Waals surface area (Å²) in [6.07, 6.45) is 0. The first-order valence-electron chi connectivity index (χ1n) is 9.54. The molecule has 32 heavy (non-hydrogen) atoms. The molecule has 3 aromatic rings. The molecular formula is C21H23N3O5S3. The minimum atomic E-state index is -3.93. The number of thiophene rings is 1. The predicted molar refractivity (Wildman–Crippen MR) is 126 cm³/mol. The summed E-state index contributed by atoms with van der Waals surface area (Å²) in [5, 5.41) is 4.26. The molecule has 0 aliphatic carbocycles. The number of sulfonamides is 2. The molecule has 3 N–H and O–H groups in total. The Kier molecular flexibility index (Phi) is 7.34. The monoisotopic (exact) mass is 493 g/mol. The van der Waals surface area contributed by atoms with Gasteiger partial charge >= 0.3 is 0 Å². The van der Waals surface area contributed by atoms with Crippen molar-refractivity contribution < 1.29 is 21.6 Å². The van der Waals surface area contributed by atoms with E-state index in [-0.39, 0.29) is 22.1 Å². The van der Waals surface area contributed by atoms with E-state index in [4.69, 9.17) is 0 Å². The van der Waals surface area contributed by atoms with E-state index in [9.17, 15) is 21.6 Å². The molecule has 170 valence electrons. The number of nitrogens with one attached hydrogen (secondary N) is 3. The van der Waals surface area contributed by atoms with Crippen LogP contribution in [0.3, 0.4) is 0 Å². The van der Waals surface area contributed by atoms with Gasteiger partial charge in [-0.1, -0.05) is 42.0 Å². The fraction of sp³-hybridized carbons (Fsp3) is 0.190. The average Bonchev–Trinajstić information content (AvgIpc) is 3.26. The van der Waals surface area contributed by atoms with E-state index in [0.717, 1.165) is 22.5 Å². The summed E-state index contributed by atoms with van der Waals surface area (Å²) in [5.41, 5.74) is 2.78. The van der Waals surface area contributed by atoms with Gasteiger partial charge in [-0.3, -0.25) is 9.52 Å². The number of carbonyl (C=O) groups is 1. The van der Waals surface area contributed by atoms with Crippen LogP contribution >= 0.6 is 11.3 Å². The summed E-state index contributed by atoms with van der Waals surface area (Å²) in [5.74, 6) is -0.647. The minimum Gasteiger partial charge on any atom is -0.347 e. The fourth-order valence-corrected chi connectivity index (χ4v) is 5.99. The molecule has 0 atom stereocenters. The van der Waals surface area contributed by atoms with Crippen molar-refractivity contribution in [3.63, 3.8) is 0 Å². The van der Waals surface area contributed by atoms with Crippen LogP contribution in [0.4, 0.5) is 5.69 Å². The van der Waals surface area contributed by atoms with Gasteiger partial charge in [0.15, 0.2) is 0 Å². The van der Waals surface area contributed by atoms with Gasteiger partial charge in [-0.15, -0.1) is 11.3 Å². The van der Waals surface area contributed by atoms with E-state index >= 15 is 0 Å². The lowest BCUT2D eigenvalue weighted by Crippen LogP contribution is -2.24. The van der Waals surface area contributed by atoms with Crippen LogP contribution in [0, 0.1) is 6.92 Å². The van der Waals surface area contributed by atoms with E-state index in [1.807, 2.05) is 6.92 Å². The van der Waals surface area contributed by atoms with Crippen LogP contribution in [-0.2, 0) is 32.3 Å². The Morgan fingerprint density at radius 2 is 1.53 bits per heavy atom. The highest BCUT2D eigenvalue weighted by atomic mass is 32.2. The van der Waals surface area contributed by atoms with E-state index in [1.165, 1.54) is 13.1 Å². The Morgan fingerprint density at radius 1 is 0.906 bits per heavy atom. The number of benzene rings is 2. The Hall–Kier alpha value is -2.73. The molecule has 0 aliphatic rings. The number of rotatable bonds is 9. The van der Waals surface area contributed by atoms with Gasteiger partial charge in [0, 0.05) is 12.2 Å². The Bertz CT molecular complexity index is 1300. The molecule has 1 aromatic heterocycles. The number of anilines is 1. The highest BCUT2D eigenvalue weighted by Gasteiger charge is 2.24. The first kappa shape index (κ1) is 23.9. The summed E-state index contributed by atoms with van der Waals surface area (Å²) >= 11 is 1.04. The molecule has 8 nitrogen and oxygen atoms in total. The third-order valence-electron chi connectivity index (χ3n) is 4.57. The van der Waals surface area contributed by atoms with Gasteiger partial charge in [0.2, 0.25) is 10.0 Å². The van der Waals surface area contributed by atoms with Crippen molar-refractivity contribution in [3.8, 4) is 0 Å². The largest absolute Gasteiger partial charge is 0.347 e. The number of hydrogen-bond acceptors (Lipinski definition) is 6. The van der Waals surface area contributed by atoms with Gasteiger partial charge in [0.25, 0.3) is 15.9 Å². The Labute approximate surface area is 191 Å². The maximum atomic E-state index is 12.8. The quantitative estimate of drug-likeness (QED) is 0.423. The molecule has 1 amide bonds. The topological polar surface area (TPSA) is 121 Å². The van der Waals surface area contributed by atoms with Crippen LogP contribution < -0.4 is 14.8 Å². The molecule has 0 bridgehead atoms. The number of amides is 1. The van der Waals surface area contributed by atoms with Crippen molar-refractivity contribution in [3.05, 3.63) is 81.5 Å². The standard InChI is InChI=1S/C21H23N3O5S3/c1-15-3-9-18(10-4-15)24-32(28,29)19-11-12-30-20(19)21(25)23-13-16-5-7-17(8-6-16)14-31(26,27)22-2/h3-12,22,24H,13-14H2,1-2H3,(H,23,25). The molecule has 1 heterocycles. The summed E-state index contributed by atoms with van der Waals surface area (Å²) < 4.78 is 53.6. The van der Waals surface area contributed by atoms with Crippen LogP contribution in [0.15, 0.2) is 64.9 Å². The summed E-state index contributed by atoms with van der Waals surface area (Å²) in [6.45, 7) is 2.07. The summed E-state index contributed by atoms with van der Waals surface area (Å²) in [4.78, 5) is 12.7. The molecule has 11 heteroatoms. The lowest BCUT2D eigenvalue weighted by molar-refractivity contribution is 0.0952. The van der Waals surface area contributed by atoms with Crippen LogP contribution in [-0.4, -0.2) is 29.8 Å². The van der Waals surface area contributed by atoms with Gasteiger partial charge in [-0.25, -0.2) is 21.6 Å². The molecular weight excluding hydrogens is 470 g/mol. The van der Waals surface area contributed by atoms with E-state index in [1.54, 1.807) is 53.9 Å². The first-order chi connectivity index (χ1) is 15.1. The van der Waals surface area contributed by atoms with Gasteiger partial charge in [-0.05, 0) is 48.7 Å². The van der Waals surface area contributed by atoms with Gasteiger partial charge < -0.3 is 5.32 Å². The highest BCUT2D eigenvalue weighted by Crippen LogP contribution is 2.24. The van der Waals surface area contributed by atoms with Gasteiger partial charge in [0.1, 0.15) is 9.77 Å². The van der Waals surface area contributed by atoms with Crippen molar-refractivity contribution >= 4 is 43.0 Å². The minimum absolute atomic E-state index is 0.0846. The number of hydrogen-bond donors (Lipinski definition) is 3. The van der Waals surface area contributed by atoms with Crippen molar-refractivity contribution in [1.29, 1.82) is 0 Å². The molecule has 0 fully saturated rings. The van der Waals surface area contributed by atoms with E-state index in [2.05, 4.69) is 14.8 Å². The maximum absolute atomic E-state index is 12.8. The second-order valence-corrected chi connectivity index (χ2v) is 11.5. The second-order valence-electron chi connectivity index (χ2n) is 7.05.